The summed E-state index contributed by atoms with van der Waals surface area (Å²) in [7, 11) is -2.90. The number of anilines is 2. The van der Waals surface area contributed by atoms with Crippen LogP contribution in [0.3, 0.4) is 0 Å². The van der Waals surface area contributed by atoms with Crippen molar-refractivity contribution >= 4 is 27.2 Å². The van der Waals surface area contributed by atoms with Crippen molar-refractivity contribution in [2.45, 2.75) is 6.54 Å². The number of carbonyl (C=O) groups is 1. The molecule has 0 aromatic heterocycles. The van der Waals surface area contributed by atoms with E-state index in [1.807, 2.05) is 29.2 Å². The van der Waals surface area contributed by atoms with Gasteiger partial charge in [0, 0.05) is 25.3 Å². The molecule has 1 heterocycles. The molecule has 0 aliphatic carbocycles. The largest absolute Gasteiger partial charge is 0.369 e. The van der Waals surface area contributed by atoms with Crippen molar-refractivity contribution in [3.05, 3.63) is 59.9 Å². The van der Waals surface area contributed by atoms with Crippen molar-refractivity contribution in [3.8, 4) is 0 Å². The molecule has 1 aliphatic rings. The number of hydrogen-bond acceptors (Lipinski definition) is 4. The minimum absolute atomic E-state index is 0.125. The van der Waals surface area contributed by atoms with Gasteiger partial charge >= 0.3 is 6.03 Å². The van der Waals surface area contributed by atoms with Crippen LogP contribution in [0.15, 0.2) is 48.5 Å². The number of para-hydroxylation sites is 1. The Balaban J connectivity index is 1.51. The normalized spacial score (nSPS) is 16.1. The van der Waals surface area contributed by atoms with Gasteiger partial charge in [0.25, 0.3) is 0 Å². The topological polar surface area (TPSA) is 78.5 Å². The average Bonchev–Trinajstić information content (AvgIpc) is 2.62. The number of rotatable bonds is 4. The Kier molecular flexibility index (Phi) is 5.41. The molecule has 8 heteroatoms. The van der Waals surface area contributed by atoms with Gasteiger partial charge in [-0.05, 0) is 29.8 Å². The Bertz CT molecular complexity index is 871. The molecular weight excluding hydrogens is 357 g/mol. The average molecular weight is 377 g/mol. The van der Waals surface area contributed by atoms with Crippen LogP contribution in [0.25, 0.3) is 0 Å². The van der Waals surface area contributed by atoms with Crippen molar-refractivity contribution in [1.82, 2.24) is 5.32 Å². The lowest BCUT2D eigenvalue weighted by molar-refractivity contribution is 0.251. The summed E-state index contributed by atoms with van der Waals surface area (Å²) in [5.74, 6) is -0.144. The molecule has 2 aromatic rings. The van der Waals surface area contributed by atoms with E-state index in [1.165, 1.54) is 12.1 Å². The second kappa shape index (κ2) is 7.74. The van der Waals surface area contributed by atoms with Crippen molar-refractivity contribution in [1.29, 1.82) is 0 Å². The second-order valence-electron chi connectivity index (χ2n) is 6.09. The van der Waals surface area contributed by atoms with Crippen LogP contribution >= 0.6 is 0 Å². The maximum atomic E-state index is 13.5. The second-order valence-corrected chi connectivity index (χ2v) is 8.40. The zero-order chi connectivity index (χ0) is 18.6. The molecule has 2 aromatic carbocycles. The standard InChI is InChI=1S/C18H20FN3O3S/c19-16-3-1-2-4-17(16)21-18(23)20-13-14-5-7-15(8-6-14)22-9-11-26(24,25)12-10-22/h1-8H,9-13H2,(H2,20,21,23). The molecule has 0 atom stereocenters. The van der Waals surface area contributed by atoms with Crippen LogP contribution in [0.1, 0.15) is 5.56 Å². The molecule has 26 heavy (non-hydrogen) atoms. The van der Waals surface area contributed by atoms with Crippen LogP contribution < -0.4 is 15.5 Å². The fraction of sp³-hybridized carbons (Fsp3) is 0.278. The minimum atomic E-state index is -2.90. The lowest BCUT2D eigenvalue weighted by atomic mass is 10.2. The van der Waals surface area contributed by atoms with Crippen LogP contribution in [0.4, 0.5) is 20.6 Å². The lowest BCUT2D eigenvalue weighted by Gasteiger charge is -2.28. The summed E-state index contributed by atoms with van der Waals surface area (Å²) < 4.78 is 36.5. The maximum Gasteiger partial charge on any atom is 0.319 e. The number of sulfone groups is 1. The van der Waals surface area contributed by atoms with Crippen molar-refractivity contribution in [3.63, 3.8) is 0 Å². The Hall–Kier alpha value is -2.61. The number of halogens is 1. The molecule has 3 rings (SSSR count). The number of hydrogen-bond donors (Lipinski definition) is 2. The Morgan fingerprint density at radius 1 is 1.04 bits per heavy atom. The summed E-state index contributed by atoms with van der Waals surface area (Å²) >= 11 is 0. The molecule has 2 N–H and O–H groups in total. The van der Waals surface area contributed by atoms with E-state index in [-0.39, 0.29) is 17.2 Å². The zero-order valence-corrected chi connectivity index (χ0v) is 14.9. The molecule has 0 radical (unpaired) electrons. The van der Waals surface area contributed by atoms with Crippen molar-refractivity contribution in [2.24, 2.45) is 0 Å². The van der Waals surface area contributed by atoms with E-state index in [0.29, 0.717) is 19.6 Å². The summed E-state index contributed by atoms with van der Waals surface area (Å²) in [5, 5.41) is 5.14. The van der Waals surface area contributed by atoms with Gasteiger partial charge in [0.2, 0.25) is 0 Å². The van der Waals surface area contributed by atoms with Crippen molar-refractivity contribution in [2.75, 3.05) is 34.8 Å². The molecule has 0 unspecified atom stereocenters. The highest BCUT2D eigenvalue weighted by Crippen LogP contribution is 2.18. The highest BCUT2D eigenvalue weighted by Gasteiger charge is 2.21. The predicted molar refractivity (Wildman–Crippen MR) is 99.6 cm³/mol. The molecule has 2 amide bonds. The molecular formula is C18H20FN3O3S. The minimum Gasteiger partial charge on any atom is -0.369 e. The summed E-state index contributed by atoms with van der Waals surface area (Å²) in [4.78, 5) is 13.9. The third-order valence-corrected chi connectivity index (χ3v) is 5.83. The predicted octanol–water partition coefficient (Wildman–Crippen LogP) is 2.38. The molecule has 0 bridgehead atoms. The van der Waals surface area contributed by atoms with E-state index in [1.54, 1.807) is 12.1 Å². The third kappa shape index (κ3) is 4.72. The van der Waals surface area contributed by atoms with E-state index in [4.69, 9.17) is 0 Å². The number of amides is 2. The summed E-state index contributed by atoms with van der Waals surface area (Å²) in [6.45, 7) is 1.28. The highest BCUT2D eigenvalue weighted by molar-refractivity contribution is 7.91. The first-order valence-electron chi connectivity index (χ1n) is 8.27. The SMILES string of the molecule is O=C(NCc1ccc(N2CCS(=O)(=O)CC2)cc1)Nc1ccccc1F. The van der Waals surface area contributed by atoms with Gasteiger partial charge in [-0.2, -0.15) is 0 Å². The van der Waals surface area contributed by atoms with Gasteiger partial charge in [0.15, 0.2) is 9.84 Å². The summed E-state index contributed by atoms with van der Waals surface area (Å²) in [6.07, 6.45) is 0. The zero-order valence-electron chi connectivity index (χ0n) is 14.1. The number of benzene rings is 2. The molecule has 1 aliphatic heterocycles. The summed E-state index contributed by atoms with van der Waals surface area (Å²) in [6, 6.07) is 13.0. The number of carbonyl (C=O) groups excluding carboxylic acids is 1. The molecule has 0 saturated carbocycles. The summed E-state index contributed by atoms with van der Waals surface area (Å²) in [5.41, 5.74) is 1.97. The van der Waals surface area contributed by atoms with Gasteiger partial charge in [0.1, 0.15) is 5.82 Å². The van der Waals surface area contributed by atoms with E-state index < -0.39 is 21.7 Å². The van der Waals surface area contributed by atoms with Gasteiger partial charge in [-0.3, -0.25) is 0 Å². The quantitative estimate of drug-likeness (QED) is 0.858. The molecule has 1 fully saturated rings. The lowest BCUT2D eigenvalue weighted by Crippen LogP contribution is -2.40. The Labute approximate surface area is 151 Å². The van der Waals surface area contributed by atoms with E-state index >= 15 is 0 Å². The smallest absolute Gasteiger partial charge is 0.319 e. The molecule has 0 spiro atoms. The third-order valence-electron chi connectivity index (χ3n) is 4.22. The van der Waals surface area contributed by atoms with E-state index in [9.17, 15) is 17.6 Å². The fourth-order valence-corrected chi connectivity index (χ4v) is 3.91. The number of nitrogens with one attached hydrogen (secondary N) is 2. The van der Waals surface area contributed by atoms with Gasteiger partial charge in [0.05, 0.1) is 17.2 Å². The van der Waals surface area contributed by atoms with E-state index in [2.05, 4.69) is 10.6 Å². The van der Waals surface area contributed by atoms with Crippen LogP contribution in [0.5, 0.6) is 0 Å². The molecule has 6 nitrogen and oxygen atoms in total. The van der Waals surface area contributed by atoms with Crippen LogP contribution in [-0.4, -0.2) is 39.0 Å². The monoisotopic (exact) mass is 377 g/mol. The van der Waals surface area contributed by atoms with Gasteiger partial charge < -0.3 is 15.5 Å². The molecule has 138 valence electrons. The van der Waals surface area contributed by atoms with Crippen LogP contribution in [0.2, 0.25) is 0 Å². The van der Waals surface area contributed by atoms with Crippen LogP contribution in [0, 0.1) is 5.82 Å². The molecule has 1 saturated heterocycles. The van der Waals surface area contributed by atoms with Gasteiger partial charge in [-0.15, -0.1) is 0 Å². The van der Waals surface area contributed by atoms with Crippen LogP contribution in [-0.2, 0) is 16.4 Å². The fourth-order valence-electron chi connectivity index (χ4n) is 2.71. The first-order valence-corrected chi connectivity index (χ1v) is 10.1. The van der Waals surface area contributed by atoms with Crippen molar-refractivity contribution < 1.29 is 17.6 Å². The highest BCUT2D eigenvalue weighted by atomic mass is 32.2. The maximum absolute atomic E-state index is 13.5. The van der Waals surface area contributed by atoms with Gasteiger partial charge in [-0.25, -0.2) is 17.6 Å². The van der Waals surface area contributed by atoms with Gasteiger partial charge in [-0.1, -0.05) is 24.3 Å². The first-order chi connectivity index (χ1) is 12.4. The van der Waals surface area contributed by atoms with E-state index in [0.717, 1.165) is 11.3 Å². The Morgan fingerprint density at radius 2 is 1.69 bits per heavy atom. The number of nitrogens with zero attached hydrogens (tertiary/aromatic N) is 1. The first kappa shape index (κ1) is 18.2. The number of urea groups is 1. The Morgan fingerprint density at radius 3 is 2.35 bits per heavy atom.